The first kappa shape index (κ1) is 25.3. The van der Waals surface area contributed by atoms with Crippen LogP contribution in [-0.4, -0.2) is 34.5 Å². The number of aliphatic imine (C=N–C) groups is 1. The Morgan fingerprint density at radius 1 is 0.714 bits per heavy atom. The first-order valence-corrected chi connectivity index (χ1v) is 13.1. The molecule has 0 spiro atoms. The van der Waals surface area contributed by atoms with E-state index in [4.69, 9.17) is 4.42 Å². The summed E-state index contributed by atoms with van der Waals surface area (Å²) in [6, 6.07) is 27.4. The highest BCUT2D eigenvalue weighted by Crippen LogP contribution is 2.34. The van der Waals surface area contributed by atoms with Crippen LogP contribution in [0.4, 0.5) is 10.1 Å². The highest BCUT2D eigenvalue weighted by atomic mass is 19.1. The van der Waals surface area contributed by atoms with E-state index in [9.17, 15) is 19.2 Å². The van der Waals surface area contributed by atoms with Crippen LogP contribution in [0.5, 0.6) is 0 Å². The van der Waals surface area contributed by atoms with Gasteiger partial charge in [-0.2, -0.15) is 0 Å². The normalized spacial score (nSPS) is 16.4. The zero-order valence-corrected chi connectivity index (χ0v) is 21.9. The molecule has 1 atom stereocenters. The molecule has 2 aliphatic rings. The van der Waals surface area contributed by atoms with Gasteiger partial charge in [-0.15, -0.1) is 0 Å². The van der Waals surface area contributed by atoms with Gasteiger partial charge in [0.05, 0.1) is 29.1 Å². The van der Waals surface area contributed by atoms with Gasteiger partial charge in [0.15, 0.2) is 0 Å². The minimum absolute atomic E-state index is 0.0324. The van der Waals surface area contributed by atoms with Gasteiger partial charge in [0.2, 0.25) is 6.17 Å². The van der Waals surface area contributed by atoms with Crippen LogP contribution >= 0.6 is 0 Å². The van der Waals surface area contributed by atoms with Crippen LogP contribution in [0.3, 0.4) is 0 Å². The van der Waals surface area contributed by atoms with Gasteiger partial charge >= 0.3 is 5.63 Å². The second-order valence-corrected chi connectivity index (χ2v) is 9.93. The number of nitrogens with zero attached hydrogens (tertiary/aromatic N) is 3. The Labute approximate surface area is 237 Å². The van der Waals surface area contributed by atoms with Crippen molar-refractivity contribution in [2.75, 3.05) is 4.90 Å². The number of benzodiazepines with no additional fused rings is 1. The van der Waals surface area contributed by atoms with Gasteiger partial charge in [-0.25, -0.2) is 19.1 Å². The van der Waals surface area contributed by atoms with Crippen molar-refractivity contribution >= 4 is 40.1 Å². The van der Waals surface area contributed by atoms with Crippen molar-refractivity contribution in [3.05, 3.63) is 147 Å². The van der Waals surface area contributed by atoms with Gasteiger partial charge in [0.25, 0.3) is 17.7 Å². The number of amides is 3. The Balaban J connectivity index is 1.41. The quantitative estimate of drug-likeness (QED) is 0.230. The lowest BCUT2D eigenvalue weighted by Gasteiger charge is -2.28. The zero-order chi connectivity index (χ0) is 29.0. The van der Waals surface area contributed by atoms with Crippen molar-refractivity contribution in [2.24, 2.45) is 4.99 Å². The Morgan fingerprint density at radius 3 is 2.07 bits per heavy atom. The molecule has 0 saturated heterocycles. The average Bonchev–Trinajstić information content (AvgIpc) is 3.19. The number of fused-ring (bicyclic) bond motifs is 3. The smallest absolute Gasteiger partial charge is 0.336 e. The monoisotopic (exact) mass is 557 g/mol. The maximum Gasteiger partial charge on any atom is 0.336 e. The fourth-order valence-electron chi connectivity index (χ4n) is 5.45. The van der Waals surface area contributed by atoms with Crippen molar-refractivity contribution in [1.29, 1.82) is 0 Å². The summed E-state index contributed by atoms with van der Waals surface area (Å²) >= 11 is 0. The van der Waals surface area contributed by atoms with E-state index in [0.717, 1.165) is 4.90 Å². The van der Waals surface area contributed by atoms with Crippen LogP contribution in [0.25, 0.3) is 11.0 Å². The molecular formula is C33H20FN3O5. The van der Waals surface area contributed by atoms with Crippen LogP contribution in [0.2, 0.25) is 0 Å². The Kier molecular flexibility index (Phi) is 5.86. The summed E-state index contributed by atoms with van der Waals surface area (Å²) < 4.78 is 20.5. The van der Waals surface area contributed by atoms with Crippen LogP contribution < -0.4 is 10.5 Å². The molecule has 3 heterocycles. The molecule has 4 aromatic carbocycles. The molecule has 0 unspecified atom stereocenters. The number of hydrogen-bond acceptors (Lipinski definition) is 6. The summed E-state index contributed by atoms with van der Waals surface area (Å²) in [4.78, 5) is 60.1. The summed E-state index contributed by atoms with van der Waals surface area (Å²) in [5.74, 6) is -2.51. The summed E-state index contributed by atoms with van der Waals surface area (Å²) in [7, 11) is 0. The Hall–Kier alpha value is -5.70. The van der Waals surface area contributed by atoms with Crippen molar-refractivity contribution in [1.82, 2.24) is 4.90 Å². The van der Waals surface area contributed by atoms with Gasteiger partial charge < -0.3 is 9.32 Å². The highest BCUT2D eigenvalue weighted by molar-refractivity contribution is 6.25. The SMILES string of the molecule is O=C1[C@H](N2C(=O)c3ccccc3C2=O)N=C(c2ccccc2F)c2ccccc2N1Cc1ccc2oc(=O)ccc2c1. The van der Waals surface area contributed by atoms with E-state index in [2.05, 4.69) is 4.99 Å². The lowest BCUT2D eigenvalue weighted by Crippen LogP contribution is -2.49. The predicted octanol–water partition coefficient (Wildman–Crippen LogP) is 4.94. The first-order chi connectivity index (χ1) is 20.4. The molecule has 2 aliphatic heterocycles. The number of imide groups is 1. The molecule has 0 N–H and O–H groups in total. The van der Waals surface area contributed by atoms with E-state index in [0.29, 0.717) is 27.8 Å². The van der Waals surface area contributed by atoms with Gasteiger partial charge in [-0.3, -0.25) is 14.4 Å². The molecule has 1 aromatic heterocycles. The van der Waals surface area contributed by atoms with E-state index in [1.807, 2.05) is 0 Å². The molecule has 0 fully saturated rings. The van der Waals surface area contributed by atoms with Crippen LogP contribution in [0.1, 0.15) is 37.4 Å². The fraction of sp³-hybridized carbons (Fsp3) is 0.0606. The number of hydrogen-bond donors (Lipinski definition) is 0. The summed E-state index contributed by atoms with van der Waals surface area (Å²) in [6.07, 6.45) is -1.60. The van der Waals surface area contributed by atoms with Crippen molar-refractivity contribution in [2.45, 2.75) is 12.7 Å². The molecule has 3 amide bonds. The lowest BCUT2D eigenvalue weighted by atomic mass is 9.99. The minimum Gasteiger partial charge on any atom is -0.423 e. The lowest BCUT2D eigenvalue weighted by molar-refractivity contribution is -0.122. The van der Waals surface area contributed by atoms with E-state index >= 15 is 4.39 Å². The number of anilines is 1. The van der Waals surface area contributed by atoms with E-state index in [1.165, 1.54) is 29.2 Å². The summed E-state index contributed by atoms with van der Waals surface area (Å²) in [6.45, 7) is 0.0324. The number of benzene rings is 4. The Bertz CT molecular complexity index is 2010. The molecule has 5 aromatic rings. The van der Waals surface area contributed by atoms with Crippen molar-refractivity contribution < 1.29 is 23.2 Å². The maximum absolute atomic E-state index is 15.2. The van der Waals surface area contributed by atoms with Crippen LogP contribution in [0.15, 0.2) is 117 Å². The third kappa shape index (κ3) is 4.02. The maximum atomic E-state index is 15.2. The third-order valence-electron chi connectivity index (χ3n) is 7.41. The summed E-state index contributed by atoms with van der Waals surface area (Å²) in [5.41, 5.74) is 2.10. The second kappa shape index (κ2) is 9.74. The van der Waals surface area contributed by atoms with Gasteiger partial charge in [-0.1, -0.05) is 48.5 Å². The number of para-hydroxylation sites is 1. The topological polar surface area (TPSA) is 100 Å². The molecule has 8 nitrogen and oxygen atoms in total. The molecule has 42 heavy (non-hydrogen) atoms. The molecular weight excluding hydrogens is 537 g/mol. The van der Waals surface area contributed by atoms with E-state index in [1.54, 1.807) is 78.9 Å². The minimum atomic E-state index is -1.60. The van der Waals surface area contributed by atoms with Crippen molar-refractivity contribution in [3.8, 4) is 0 Å². The van der Waals surface area contributed by atoms with E-state index < -0.39 is 35.3 Å². The molecule has 0 bridgehead atoms. The zero-order valence-electron chi connectivity index (χ0n) is 21.9. The third-order valence-corrected chi connectivity index (χ3v) is 7.41. The second-order valence-electron chi connectivity index (χ2n) is 9.93. The molecule has 204 valence electrons. The van der Waals surface area contributed by atoms with Gasteiger partial charge in [0, 0.05) is 22.6 Å². The molecule has 9 heteroatoms. The Morgan fingerprint density at radius 2 is 1.36 bits per heavy atom. The fourth-order valence-corrected chi connectivity index (χ4v) is 5.45. The molecule has 7 rings (SSSR count). The van der Waals surface area contributed by atoms with Crippen LogP contribution in [-0.2, 0) is 11.3 Å². The molecule has 0 aliphatic carbocycles. The highest BCUT2D eigenvalue weighted by Gasteiger charge is 2.46. The summed E-state index contributed by atoms with van der Waals surface area (Å²) in [5, 5.41) is 0.655. The largest absolute Gasteiger partial charge is 0.423 e. The number of carbonyl (C=O) groups excluding carboxylic acids is 3. The van der Waals surface area contributed by atoms with E-state index in [-0.39, 0.29) is 28.9 Å². The number of rotatable bonds is 4. The predicted molar refractivity (Wildman–Crippen MR) is 153 cm³/mol. The molecule has 0 saturated carbocycles. The first-order valence-electron chi connectivity index (χ1n) is 13.1. The van der Waals surface area contributed by atoms with Crippen LogP contribution in [0, 0.1) is 5.82 Å². The number of halogens is 1. The average molecular weight is 558 g/mol. The van der Waals surface area contributed by atoms with Gasteiger partial charge in [0.1, 0.15) is 11.4 Å². The van der Waals surface area contributed by atoms with Crippen molar-refractivity contribution in [3.63, 3.8) is 0 Å². The van der Waals surface area contributed by atoms with Gasteiger partial charge in [-0.05, 0) is 54.1 Å². The molecule has 0 radical (unpaired) electrons. The standard InChI is InChI=1S/C33H20FN3O5/c34-25-11-5-3-9-23(25)29-24-10-4-6-12-26(24)36(18-19-13-15-27-20(17-19)14-16-28(38)42-27)33(41)30(35-29)37-31(39)21-7-1-2-8-22(21)32(37)40/h1-17,30H,18H2/t30-/m0/s1. The number of carbonyl (C=O) groups is 3.